The molecule has 0 aromatic carbocycles. The Morgan fingerprint density at radius 1 is 1.35 bits per heavy atom. The fraction of sp³-hybridized carbons (Fsp3) is 0.632. The number of ether oxygens (including phenoxy) is 4. The summed E-state index contributed by atoms with van der Waals surface area (Å²) in [5, 5.41) is -0.0600. The molecule has 2 heterocycles. The first-order valence-corrected chi connectivity index (χ1v) is 10.1. The van der Waals surface area contributed by atoms with Gasteiger partial charge in [-0.2, -0.15) is 13.2 Å². The van der Waals surface area contributed by atoms with E-state index in [0.717, 1.165) is 25.7 Å². The summed E-state index contributed by atoms with van der Waals surface area (Å²) in [6.07, 6.45) is 2.00. The summed E-state index contributed by atoms with van der Waals surface area (Å²) in [5.41, 5.74) is -4.08. The number of alkyl halides is 3. The van der Waals surface area contributed by atoms with Crippen LogP contribution in [0.5, 0.6) is 0 Å². The second-order valence-electron chi connectivity index (χ2n) is 7.21. The maximum atomic E-state index is 13.1. The van der Waals surface area contributed by atoms with Crippen molar-refractivity contribution < 1.29 is 32.1 Å². The van der Waals surface area contributed by atoms with Crippen LogP contribution in [0.2, 0.25) is 0 Å². The molecular weight excluding hydrogens is 441 g/mol. The molecule has 170 valence electrons. The normalized spacial score (nSPS) is 24.1. The zero-order valence-corrected chi connectivity index (χ0v) is 17.2. The highest BCUT2D eigenvalue weighted by Crippen LogP contribution is 2.32. The zero-order chi connectivity index (χ0) is 22.6. The van der Waals surface area contributed by atoms with E-state index in [4.69, 9.17) is 37.6 Å². The van der Waals surface area contributed by atoms with E-state index in [9.17, 15) is 22.8 Å². The fourth-order valence-corrected chi connectivity index (χ4v) is 3.78. The van der Waals surface area contributed by atoms with E-state index in [2.05, 4.69) is 5.92 Å². The highest BCUT2D eigenvalue weighted by Gasteiger charge is 2.40. The third-order valence-corrected chi connectivity index (χ3v) is 5.29. The summed E-state index contributed by atoms with van der Waals surface area (Å²) >= 11 is 5.07. The van der Waals surface area contributed by atoms with Gasteiger partial charge in [-0.25, -0.2) is 4.79 Å². The number of thiocarbonyl (C=S) groups is 1. The quantitative estimate of drug-likeness (QED) is 0.512. The van der Waals surface area contributed by atoms with E-state index < -0.39 is 41.4 Å². The molecule has 8 nitrogen and oxygen atoms in total. The van der Waals surface area contributed by atoms with Gasteiger partial charge >= 0.3 is 17.1 Å². The van der Waals surface area contributed by atoms with Crippen LogP contribution in [0.15, 0.2) is 15.8 Å². The van der Waals surface area contributed by atoms with Crippen molar-refractivity contribution in [2.45, 2.75) is 62.8 Å². The van der Waals surface area contributed by atoms with Gasteiger partial charge in [0.05, 0.1) is 6.10 Å². The van der Waals surface area contributed by atoms with E-state index >= 15 is 0 Å². The lowest BCUT2D eigenvalue weighted by Gasteiger charge is -2.20. The molecule has 0 bridgehead atoms. The van der Waals surface area contributed by atoms with Crippen molar-refractivity contribution >= 4 is 17.5 Å². The summed E-state index contributed by atoms with van der Waals surface area (Å²) in [5.74, 6) is 2.30. The smallest absolute Gasteiger partial charge is 0.423 e. The Bertz CT molecular complexity index is 948. The predicted octanol–water partition coefficient (Wildman–Crippen LogP) is 2.12. The number of hydrogen-bond acceptors (Lipinski definition) is 7. The fourth-order valence-electron chi connectivity index (χ4n) is 3.58. The average Bonchev–Trinajstić information content (AvgIpc) is 3.33. The van der Waals surface area contributed by atoms with Crippen molar-refractivity contribution in [2.24, 2.45) is 0 Å². The Balaban J connectivity index is 1.72. The van der Waals surface area contributed by atoms with Crippen LogP contribution in [0.4, 0.5) is 13.2 Å². The number of halogens is 3. The summed E-state index contributed by atoms with van der Waals surface area (Å²) < 4.78 is 62.1. The van der Waals surface area contributed by atoms with E-state index in [1.807, 2.05) is 0 Å². The first-order chi connectivity index (χ1) is 14.7. The largest absolute Gasteiger partial charge is 0.454 e. The molecule has 0 unspecified atom stereocenters. The van der Waals surface area contributed by atoms with Gasteiger partial charge in [0.2, 0.25) is 0 Å². The third kappa shape index (κ3) is 5.87. The van der Waals surface area contributed by atoms with E-state index in [0.29, 0.717) is 10.8 Å². The minimum atomic E-state index is -4.94. The molecule has 0 amide bonds. The number of aromatic nitrogens is 2. The highest BCUT2D eigenvalue weighted by atomic mass is 32.1. The topological polar surface area (TPSA) is 91.8 Å². The molecular formula is C19H21F3N2O6S. The lowest BCUT2D eigenvalue weighted by atomic mass is 10.2. The Hall–Kier alpha value is -2.36. The maximum Gasteiger partial charge on any atom is 0.423 e. The minimum Gasteiger partial charge on any atom is -0.454 e. The number of nitrogens with zero attached hydrogens (tertiary/aromatic N) is 1. The van der Waals surface area contributed by atoms with Crippen LogP contribution >= 0.6 is 12.2 Å². The zero-order valence-electron chi connectivity index (χ0n) is 16.4. The van der Waals surface area contributed by atoms with Gasteiger partial charge in [0.1, 0.15) is 37.2 Å². The molecule has 31 heavy (non-hydrogen) atoms. The van der Waals surface area contributed by atoms with Crippen molar-refractivity contribution in [2.75, 3.05) is 13.2 Å². The van der Waals surface area contributed by atoms with E-state index in [1.54, 1.807) is 4.98 Å². The number of rotatable bonds is 6. The maximum absolute atomic E-state index is 13.1. The standard InChI is InChI=1S/C19H21F3N2O6S/c1-2-7-27-13-8-15(24-9-12(19(20,21)22)16(25)23-17(24)26)30-14(13)10-28-18(31)29-11-5-3-4-6-11/h1,9,11,13-15H,3-8,10H2,(H,23,25,26)/t13-,14+,15+/m0/s1. The van der Waals surface area contributed by atoms with Gasteiger partial charge in [-0.05, 0) is 25.7 Å². The van der Waals surface area contributed by atoms with Crippen LogP contribution in [-0.4, -0.2) is 46.3 Å². The molecule has 1 aromatic heterocycles. The molecule has 1 aliphatic carbocycles. The van der Waals surface area contributed by atoms with Crippen LogP contribution < -0.4 is 11.2 Å². The van der Waals surface area contributed by atoms with Crippen LogP contribution in [0, 0.1) is 12.3 Å². The van der Waals surface area contributed by atoms with Gasteiger partial charge in [-0.15, -0.1) is 6.42 Å². The minimum absolute atomic E-state index is 0.00117. The van der Waals surface area contributed by atoms with E-state index in [1.165, 1.54) is 0 Å². The van der Waals surface area contributed by atoms with Gasteiger partial charge < -0.3 is 18.9 Å². The monoisotopic (exact) mass is 462 g/mol. The molecule has 1 aromatic rings. The summed E-state index contributed by atoms with van der Waals surface area (Å²) in [6, 6.07) is 0. The second-order valence-corrected chi connectivity index (χ2v) is 7.54. The molecule has 3 rings (SSSR count). The van der Waals surface area contributed by atoms with Crippen molar-refractivity contribution in [3.8, 4) is 12.3 Å². The number of hydrogen-bond donors (Lipinski definition) is 1. The lowest BCUT2D eigenvalue weighted by molar-refractivity contribution is -0.139. The van der Waals surface area contributed by atoms with Gasteiger partial charge in [0.25, 0.3) is 5.56 Å². The molecule has 2 aliphatic rings. The van der Waals surface area contributed by atoms with Gasteiger partial charge in [0.15, 0.2) is 0 Å². The molecule has 1 saturated heterocycles. The number of terminal acetylenes is 1. The van der Waals surface area contributed by atoms with E-state index in [-0.39, 0.29) is 31.0 Å². The lowest BCUT2D eigenvalue weighted by Crippen LogP contribution is -2.36. The van der Waals surface area contributed by atoms with Gasteiger partial charge in [-0.3, -0.25) is 14.3 Å². The molecule has 1 N–H and O–H groups in total. The van der Waals surface area contributed by atoms with Gasteiger partial charge in [-0.1, -0.05) is 5.92 Å². The molecule has 2 fully saturated rings. The Morgan fingerprint density at radius 2 is 2.06 bits per heavy atom. The van der Waals surface area contributed by atoms with Crippen molar-refractivity contribution in [3.05, 3.63) is 32.6 Å². The van der Waals surface area contributed by atoms with Crippen molar-refractivity contribution in [1.29, 1.82) is 0 Å². The third-order valence-electron chi connectivity index (χ3n) is 5.08. The Morgan fingerprint density at radius 3 is 2.71 bits per heavy atom. The molecule has 0 radical (unpaired) electrons. The SMILES string of the molecule is C#CCO[C@H]1C[C@H](n2cc(C(F)(F)F)c(=O)[nH]c2=O)O[C@@H]1COC(=S)OC1CCCC1. The highest BCUT2D eigenvalue weighted by molar-refractivity contribution is 7.79. The predicted molar refractivity (Wildman–Crippen MR) is 105 cm³/mol. The summed E-state index contributed by atoms with van der Waals surface area (Å²) in [7, 11) is 0. The Kier molecular flexibility index (Phi) is 7.40. The second kappa shape index (κ2) is 9.84. The molecule has 1 saturated carbocycles. The molecule has 0 spiro atoms. The van der Waals surface area contributed by atoms with Crippen LogP contribution in [-0.2, 0) is 25.1 Å². The first-order valence-electron chi connectivity index (χ1n) is 9.65. The molecule has 1 aliphatic heterocycles. The van der Waals surface area contributed by atoms with Crippen LogP contribution in [0.25, 0.3) is 0 Å². The Labute approximate surface area is 180 Å². The summed E-state index contributed by atoms with van der Waals surface area (Å²) in [6.45, 7) is -0.184. The number of aromatic amines is 1. The van der Waals surface area contributed by atoms with Crippen molar-refractivity contribution in [1.82, 2.24) is 9.55 Å². The molecule has 3 atom stereocenters. The average molecular weight is 462 g/mol. The van der Waals surface area contributed by atoms with Crippen LogP contribution in [0.3, 0.4) is 0 Å². The van der Waals surface area contributed by atoms with Crippen molar-refractivity contribution in [3.63, 3.8) is 0 Å². The molecule has 12 heteroatoms. The number of nitrogens with one attached hydrogen (secondary N) is 1. The van der Waals surface area contributed by atoms with Crippen LogP contribution in [0.1, 0.15) is 43.9 Å². The summed E-state index contributed by atoms with van der Waals surface area (Å²) in [4.78, 5) is 25.3. The first kappa shape index (κ1) is 23.3. The number of H-pyrrole nitrogens is 1. The van der Waals surface area contributed by atoms with Gasteiger partial charge in [0, 0.05) is 24.8 Å².